The van der Waals surface area contributed by atoms with Gasteiger partial charge in [-0.1, -0.05) is 31.5 Å². The van der Waals surface area contributed by atoms with Crippen LogP contribution >= 0.6 is 0 Å². The lowest BCUT2D eigenvalue weighted by atomic mass is 10.1. The van der Waals surface area contributed by atoms with E-state index in [9.17, 15) is 27.6 Å². The average molecular weight is 585 g/mol. The van der Waals surface area contributed by atoms with Crippen LogP contribution in [0.25, 0.3) is 11.0 Å². The topological polar surface area (TPSA) is 165 Å². The molecule has 2 aliphatic rings. The van der Waals surface area contributed by atoms with Gasteiger partial charge in [-0.25, -0.2) is 13.2 Å². The summed E-state index contributed by atoms with van der Waals surface area (Å²) in [4.78, 5) is 57.2. The second kappa shape index (κ2) is 11.3. The first-order valence-electron chi connectivity index (χ1n) is 13.0. The predicted molar refractivity (Wildman–Crippen MR) is 144 cm³/mol. The standard InChI is InChI=1S/C27H28N4O9S/c1-3-7-17(29-27(35)40-22-14-16-8-6-10-21(38-2)24(16)39-22)25(33)30-13-11-19-23(30)20(32)15-31(19)41(36,37)26(34)18-9-4-5-12-28-18/h4-6,8-10,12,14,17,19,23H,3,7,11,13,15H2,1-2H3,(H,29,35). The number of carbonyl (C=O) groups is 4. The molecule has 1 N–H and O–H groups in total. The van der Waals surface area contributed by atoms with Crippen molar-refractivity contribution in [2.75, 3.05) is 20.2 Å². The fourth-order valence-electron chi connectivity index (χ4n) is 5.30. The number of fused-ring (bicyclic) bond motifs is 2. The van der Waals surface area contributed by atoms with Crippen LogP contribution in [0.15, 0.2) is 53.1 Å². The molecule has 2 aromatic heterocycles. The number of likely N-dealkylation sites (tertiary alicyclic amines) is 1. The molecular weight excluding hydrogens is 556 g/mol. The lowest BCUT2D eigenvalue weighted by molar-refractivity contribution is -0.138. The number of benzene rings is 1. The third-order valence-electron chi connectivity index (χ3n) is 7.14. The molecule has 13 nitrogen and oxygen atoms in total. The summed E-state index contributed by atoms with van der Waals surface area (Å²) >= 11 is 0. The van der Waals surface area contributed by atoms with E-state index < -0.39 is 57.6 Å². The van der Waals surface area contributed by atoms with E-state index in [1.165, 1.54) is 36.4 Å². The highest BCUT2D eigenvalue weighted by atomic mass is 32.2. The Kier molecular flexibility index (Phi) is 7.78. The van der Waals surface area contributed by atoms with Gasteiger partial charge in [-0.3, -0.25) is 19.4 Å². The molecule has 41 heavy (non-hydrogen) atoms. The number of para-hydroxylation sites is 1. The lowest BCUT2D eigenvalue weighted by Gasteiger charge is -2.27. The fraction of sp³-hybridized carbons (Fsp3) is 0.370. The van der Waals surface area contributed by atoms with E-state index in [2.05, 4.69) is 10.3 Å². The zero-order valence-corrected chi connectivity index (χ0v) is 23.1. The molecule has 3 atom stereocenters. The van der Waals surface area contributed by atoms with E-state index in [1.807, 2.05) is 6.92 Å². The third-order valence-corrected chi connectivity index (χ3v) is 8.84. The Morgan fingerprint density at radius 1 is 1.20 bits per heavy atom. The van der Waals surface area contributed by atoms with Gasteiger partial charge in [-0.15, -0.1) is 0 Å². The molecular formula is C27H28N4O9S. The van der Waals surface area contributed by atoms with Crippen molar-refractivity contribution < 1.29 is 41.5 Å². The van der Waals surface area contributed by atoms with Crippen molar-refractivity contribution in [3.63, 3.8) is 0 Å². The molecule has 2 fully saturated rings. The number of furan rings is 1. The summed E-state index contributed by atoms with van der Waals surface area (Å²) in [5, 5.41) is 1.98. The quantitative estimate of drug-likeness (QED) is 0.414. The maximum Gasteiger partial charge on any atom is 0.415 e. The van der Waals surface area contributed by atoms with Crippen LogP contribution in [0.4, 0.5) is 4.79 Å². The van der Waals surface area contributed by atoms with Crippen LogP contribution in [0.5, 0.6) is 11.7 Å². The highest BCUT2D eigenvalue weighted by Crippen LogP contribution is 2.34. The van der Waals surface area contributed by atoms with Crippen molar-refractivity contribution in [1.82, 2.24) is 19.5 Å². The van der Waals surface area contributed by atoms with Crippen LogP contribution in [-0.4, -0.2) is 83.8 Å². The van der Waals surface area contributed by atoms with Crippen molar-refractivity contribution in [2.24, 2.45) is 0 Å². The number of ketones is 1. The number of nitrogens with one attached hydrogen (secondary N) is 1. The summed E-state index contributed by atoms with van der Waals surface area (Å²) in [6, 6.07) is 8.01. The van der Waals surface area contributed by atoms with Crippen molar-refractivity contribution in [3.8, 4) is 11.7 Å². The SMILES string of the molecule is CCCC(NC(=O)Oc1cc2cccc(OC)c2o1)C(=O)N1CCC2C1C(=O)CN2S(=O)(=O)C(=O)c1ccccn1. The number of aromatic nitrogens is 1. The largest absolute Gasteiger partial charge is 0.493 e. The van der Waals surface area contributed by atoms with Gasteiger partial charge in [0.1, 0.15) is 17.8 Å². The molecule has 2 saturated heterocycles. The number of pyridine rings is 1. The smallest absolute Gasteiger partial charge is 0.415 e. The van der Waals surface area contributed by atoms with Crippen molar-refractivity contribution in [1.29, 1.82) is 0 Å². The van der Waals surface area contributed by atoms with E-state index in [-0.39, 0.29) is 31.0 Å². The predicted octanol–water partition coefficient (Wildman–Crippen LogP) is 2.12. The molecule has 3 aromatic rings. The Morgan fingerprint density at radius 3 is 2.71 bits per heavy atom. The van der Waals surface area contributed by atoms with Gasteiger partial charge in [0.15, 0.2) is 17.1 Å². The highest BCUT2D eigenvalue weighted by Gasteiger charge is 2.55. The fourth-order valence-corrected chi connectivity index (χ4v) is 6.77. The Morgan fingerprint density at radius 2 is 2.00 bits per heavy atom. The maximum atomic E-state index is 13.6. The second-order valence-corrected chi connectivity index (χ2v) is 11.5. The molecule has 14 heteroatoms. The van der Waals surface area contributed by atoms with E-state index in [0.29, 0.717) is 23.1 Å². The second-order valence-electron chi connectivity index (χ2n) is 9.67. The van der Waals surface area contributed by atoms with Crippen LogP contribution in [0, 0.1) is 0 Å². The van der Waals surface area contributed by atoms with Crippen molar-refractivity contribution in [2.45, 2.75) is 44.3 Å². The highest BCUT2D eigenvalue weighted by molar-refractivity contribution is 8.04. The summed E-state index contributed by atoms with van der Waals surface area (Å²) in [5.74, 6) is -0.701. The third kappa shape index (κ3) is 5.27. The molecule has 0 radical (unpaired) electrons. The number of methoxy groups -OCH3 is 1. The van der Waals surface area contributed by atoms with Gasteiger partial charge in [0.25, 0.3) is 16.0 Å². The zero-order valence-electron chi connectivity index (χ0n) is 22.3. The Hall–Kier alpha value is -4.30. The first kappa shape index (κ1) is 28.2. The molecule has 0 aliphatic carbocycles. The number of rotatable bonds is 8. The van der Waals surface area contributed by atoms with E-state index >= 15 is 0 Å². The van der Waals surface area contributed by atoms with Gasteiger partial charge in [-0.05, 0) is 31.0 Å². The van der Waals surface area contributed by atoms with Gasteiger partial charge >= 0.3 is 11.2 Å². The first-order chi connectivity index (χ1) is 19.6. The minimum Gasteiger partial charge on any atom is -0.493 e. The number of sulfonamides is 1. The number of amides is 2. The lowest BCUT2D eigenvalue weighted by Crippen LogP contribution is -2.53. The normalized spacial score (nSPS) is 19.7. The molecule has 3 unspecified atom stereocenters. The number of ether oxygens (including phenoxy) is 2. The first-order valence-corrected chi connectivity index (χ1v) is 14.4. The monoisotopic (exact) mass is 584 g/mol. The minimum absolute atomic E-state index is 0.0734. The minimum atomic E-state index is -4.56. The Labute approximate surface area is 235 Å². The average Bonchev–Trinajstić information content (AvgIpc) is 3.67. The molecule has 5 rings (SSSR count). The summed E-state index contributed by atoms with van der Waals surface area (Å²) in [6.07, 6.45) is 1.28. The van der Waals surface area contributed by atoms with Gasteiger partial charge in [-0.2, -0.15) is 4.31 Å². The maximum absolute atomic E-state index is 13.6. The molecule has 0 spiro atoms. The number of hydrogen-bond acceptors (Lipinski definition) is 10. The van der Waals surface area contributed by atoms with Crippen LogP contribution in [-0.2, 0) is 19.6 Å². The molecule has 2 amide bonds. The number of nitrogens with zero attached hydrogens (tertiary/aromatic N) is 3. The van der Waals surface area contributed by atoms with Crippen LogP contribution < -0.4 is 14.8 Å². The molecule has 4 heterocycles. The zero-order chi connectivity index (χ0) is 29.3. The van der Waals surface area contributed by atoms with Crippen molar-refractivity contribution in [3.05, 3.63) is 54.4 Å². The van der Waals surface area contributed by atoms with Gasteiger partial charge < -0.3 is 24.1 Å². The molecule has 2 aliphatic heterocycles. The Bertz CT molecular complexity index is 1610. The number of Topliss-reactive ketones (excluding diaryl/α,β-unsaturated/α-hetero) is 1. The number of hydrogen-bond donors (Lipinski definition) is 1. The van der Waals surface area contributed by atoms with Gasteiger partial charge in [0.2, 0.25) is 5.91 Å². The molecule has 1 aromatic carbocycles. The van der Waals surface area contributed by atoms with Gasteiger partial charge in [0.05, 0.1) is 19.7 Å². The number of carbonyl (C=O) groups excluding carboxylic acids is 4. The van der Waals surface area contributed by atoms with Crippen LogP contribution in [0.3, 0.4) is 0 Å². The van der Waals surface area contributed by atoms with Crippen LogP contribution in [0.2, 0.25) is 0 Å². The van der Waals surface area contributed by atoms with E-state index in [0.717, 1.165) is 4.31 Å². The summed E-state index contributed by atoms with van der Waals surface area (Å²) < 4.78 is 43.3. The molecule has 0 saturated carbocycles. The molecule has 0 bridgehead atoms. The van der Waals surface area contributed by atoms with E-state index in [4.69, 9.17) is 13.9 Å². The summed E-state index contributed by atoms with van der Waals surface area (Å²) in [6.45, 7) is 1.36. The van der Waals surface area contributed by atoms with Crippen LogP contribution in [0.1, 0.15) is 36.7 Å². The van der Waals surface area contributed by atoms with Gasteiger partial charge in [0, 0.05) is 24.2 Å². The summed E-state index contributed by atoms with van der Waals surface area (Å²) in [5.41, 5.74) is 0.130. The molecule has 216 valence electrons. The summed E-state index contributed by atoms with van der Waals surface area (Å²) in [7, 11) is -3.08. The van der Waals surface area contributed by atoms with Crippen molar-refractivity contribution >= 4 is 43.9 Å². The Balaban J connectivity index is 1.29. The van der Waals surface area contributed by atoms with E-state index in [1.54, 1.807) is 24.3 Å².